The Morgan fingerprint density at radius 2 is 1.26 bits per heavy atom. The first-order valence-corrected chi connectivity index (χ1v) is 11.1. The Hall–Kier alpha value is -5.19. The SMILES string of the molecule is O=C(Nc1ccc(-c2ccccc2)cc1)Nc1ccc(-c2ccnc3nc[nH]c23)cc1.O=C(O)C(F)(F)F. The van der Waals surface area contributed by atoms with Crippen LogP contribution in [0, 0.1) is 0 Å². The van der Waals surface area contributed by atoms with Gasteiger partial charge in [0.15, 0.2) is 5.65 Å². The van der Waals surface area contributed by atoms with E-state index in [-0.39, 0.29) is 6.03 Å². The number of amides is 2. The van der Waals surface area contributed by atoms with Crippen LogP contribution in [-0.2, 0) is 4.79 Å². The van der Waals surface area contributed by atoms with Gasteiger partial charge in [0, 0.05) is 23.1 Å². The molecule has 5 rings (SSSR count). The third-order valence-corrected chi connectivity index (χ3v) is 5.27. The van der Waals surface area contributed by atoms with E-state index in [1.807, 2.05) is 72.8 Å². The third-order valence-electron chi connectivity index (χ3n) is 5.27. The number of halogens is 3. The summed E-state index contributed by atoms with van der Waals surface area (Å²) < 4.78 is 31.7. The molecule has 0 saturated carbocycles. The fourth-order valence-electron chi connectivity index (χ4n) is 3.49. The molecule has 0 unspecified atom stereocenters. The minimum Gasteiger partial charge on any atom is -0.475 e. The van der Waals surface area contributed by atoms with E-state index in [4.69, 9.17) is 9.90 Å². The van der Waals surface area contributed by atoms with Gasteiger partial charge in [-0.05, 0) is 47.0 Å². The first-order chi connectivity index (χ1) is 18.2. The van der Waals surface area contributed by atoms with Crippen molar-refractivity contribution in [3.63, 3.8) is 0 Å². The molecule has 0 radical (unpaired) electrons. The van der Waals surface area contributed by atoms with Gasteiger partial charge in [-0.3, -0.25) is 0 Å². The number of hydrogen-bond acceptors (Lipinski definition) is 4. The summed E-state index contributed by atoms with van der Waals surface area (Å²) >= 11 is 0. The molecule has 0 saturated heterocycles. The quantitative estimate of drug-likeness (QED) is 0.214. The Balaban J connectivity index is 0.000000426. The number of hydrogen-bond donors (Lipinski definition) is 4. The number of rotatable bonds is 4. The number of carboxylic acids is 1. The van der Waals surface area contributed by atoms with Gasteiger partial charge in [-0.1, -0.05) is 54.6 Å². The molecule has 0 fully saturated rings. The number of aromatic amines is 1. The van der Waals surface area contributed by atoms with Gasteiger partial charge < -0.3 is 20.7 Å². The zero-order valence-corrected chi connectivity index (χ0v) is 19.5. The Morgan fingerprint density at radius 1 is 0.737 bits per heavy atom. The lowest BCUT2D eigenvalue weighted by Crippen LogP contribution is -2.21. The Bertz CT molecular complexity index is 1530. The standard InChI is InChI=1S/C25H19N5O.C2HF3O2/c31-25(29-20-10-6-18(7-11-20)17-4-2-1-3-5-17)30-21-12-8-19(9-13-21)22-14-15-26-24-23(22)27-16-28-24;3-2(4,5)1(6)7/h1-16H,(H,26,27,28)(H2,29,30,31);(H,6,7). The highest BCUT2D eigenvalue weighted by Gasteiger charge is 2.38. The number of nitrogens with one attached hydrogen (secondary N) is 3. The predicted molar refractivity (Wildman–Crippen MR) is 138 cm³/mol. The topological polar surface area (TPSA) is 120 Å². The fourth-order valence-corrected chi connectivity index (χ4v) is 3.49. The van der Waals surface area contributed by atoms with Crippen molar-refractivity contribution in [2.45, 2.75) is 6.18 Å². The van der Waals surface area contributed by atoms with Crippen molar-refractivity contribution in [1.82, 2.24) is 15.0 Å². The molecule has 2 aromatic heterocycles. The maximum atomic E-state index is 12.4. The minimum atomic E-state index is -5.08. The monoisotopic (exact) mass is 519 g/mol. The van der Waals surface area contributed by atoms with E-state index < -0.39 is 12.1 Å². The summed E-state index contributed by atoms with van der Waals surface area (Å²) in [6.45, 7) is 0. The molecule has 0 aliphatic heterocycles. The number of pyridine rings is 1. The molecule has 192 valence electrons. The molecule has 0 aliphatic rings. The molecule has 2 amide bonds. The summed E-state index contributed by atoms with van der Waals surface area (Å²) in [6, 6.07) is 27.2. The molecule has 0 spiro atoms. The second-order valence-corrected chi connectivity index (χ2v) is 7.86. The molecule has 2 heterocycles. The van der Waals surface area contributed by atoms with Gasteiger partial charge in [0.25, 0.3) is 0 Å². The van der Waals surface area contributed by atoms with Crippen LogP contribution in [0.3, 0.4) is 0 Å². The van der Waals surface area contributed by atoms with Crippen LogP contribution in [0.25, 0.3) is 33.4 Å². The lowest BCUT2D eigenvalue weighted by atomic mass is 10.1. The van der Waals surface area contributed by atoms with Crippen molar-refractivity contribution in [2.24, 2.45) is 0 Å². The number of anilines is 2. The van der Waals surface area contributed by atoms with Crippen molar-refractivity contribution in [2.75, 3.05) is 10.6 Å². The number of aliphatic carboxylic acids is 1. The van der Waals surface area contributed by atoms with Crippen molar-refractivity contribution < 1.29 is 27.9 Å². The molecule has 0 bridgehead atoms. The van der Waals surface area contributed by atoms with Crippen molar-refractivity contribution in [1.29, 1.82) is 0 Å². The zero-order chi connectivity index (χ0) is 27.1. The predicted octanol–water partition coefficient (Wildman–Crippen LogP) is 6.57. The molecule has 11 heteroatoms. The average Bonchev–Trinajstić information content (AvgIpc) is 3.39. The molecule has 5 aromatic rings. The van der Waals surface area contributed by atoms with Crippen LogP contribution in [0.5, 0.6) is 0 Å². The van der Waals surface area contributed by atoms with Gasteiger partial charge in [-0.25, -0.2) is 19.6 Å². The van der Waals surface area contributed by atoms with Crippen LogP contribution < -0.4 is 10.6 Å². The lowest BCUT2D eigenvalue weighted by Gasteiger charge is -2.10. The number of imidazole rings is 1. The van der Waals surface area contributed by atoms with Crippen LogP contribution in [0.1, 0.15) is 0 Å². The van der Waals surface area contributed by atoms with Crippen molar-refractivity contribution in [3.05, 3.63) is 97.5 Å². The number of aromatic nitrogens is 3. The first-order valence-electron chi connectivity index (χ1n) is 11.1. The summed E-state index contributed by atoms with van der Waals surface area (Å²) in [5.41, 5.74) is 7.27. The van der Waals surface area contributed by atoms with E-state index >= 15 is 0 Å². The number of alkyl halides is 3. The fraction of sp³-hybridized carbons (Fsp3) is 0.0370. The Kier molecular flexibility index (Phi) is 7.66. The number of nitrogens with zero attached hydrogens (tertiary/aromatic N) is 2. The van der Waals surface area contributed by atoms with Crippen LogP contribution in [0.4, 0.5) is 29.3 Å². The Labute approximate surface area is 214 Å². The number of urea groups is 1. The van der Waals surface area contributed by atoms with Gasteiger partial charge in [0.05, 0.1) is 11.8 Å². The first kappa shape index (κ1) is 25.9. The lowest BCUT2D eigenvalue weighted by molar-refractivity contribution is -0.192. The van der Waals surface area contributed by atoms with E-state index in [0.29, 0.717) is 11.3 Å². The van der Waals surface area contributed by atoms with Crippen LogP contribution in [0.2, 0.25) is 0 Å². The molecule has 8 nitrogen and oxygen atoms in total. The average molecular weight is 519 g/mol. The number of carbonyl (C=O) groups excluding carboxylic acids is 1. The second-order valence-electron chi connectivity index (χ2n) is 7.86. The molecule has 38 heavy (non-hydrogen) atoms. The van der Waals surface area contributed by atoms with E-state index in [2.05, 4.69) is 37.7 Å². The molecule has 0 aliphatic carbocycles. The normalized spacial score (nSPS) is 10.8. The van der Waals surface area contributed by atoms with Gasteiger partial charge in [-0.15, -0.1) is 0 Å². The number of carboxylic acid groups (broad SMARTS) is 1. The van der Waals surface area contributed by atoms with Gasteiger partial charge in [0.2, 0.25) is 0 Å². The minimum absolute atomic E-state index is 0.292. The number of benzene rings is 3. The van der Waals surface area contributed by atoms with Gasteiger partial charge >= 0.3 is 18.2 Å². The van der Waals surface area contributed by atoms with Crippen LogP contribution >= 0.6 is 0 Å². The number of fused-ring (bicyclic) bond motifs is 1. The highest BCUT2D eigenvalue weighted by atomic mass is 19.4. The van der Waals surface area contributed by atoms with Crippen molar-refractivity contribution >= 4 is 34.5 Å². The number of H-pyrrole nitrogens is 1. The van der Waals surface area contributed by atoms with Crippen LogP contribution in [0.15, 0.2) is 97.5 Å². The van der Waals surface area contributed by atoms with Crippen LogP contribution in [-0.4, -0.2) is 38.2 Å². The molecule has 4 N–H and O–H groups in total. The second kappa shape index (κ2) is 11.2. The molecule has 3 aromatic carbocycles. The maximum Gasteiger partial charge on any atom is 0.490 e. The summed E-state index contributed by atoms with van der Waals surface area (Å²) in [7, 11) is 0. The van der Waals surface area contributed by atoms with E-state index in [1.54, 1.807) is 12.5 Å². The zero-order valence-electron chi connectivity index (χ0n) is 19.5. The Morgan fingerprint density at radius 3 is 1.82 bits per heavy atom. The molecular weight excluding hydrogens is 499 g/mol. The highest BCUT2D eigenvalue weighted by Crippen LogP contribution is 2.26. The largest absolute Gasteiger partial charge is 0.490 e. The van der Waals surface area contributed by atoms with E-state index in [9.17, 15) is 18.0 Å². The summed E-state index contributed by atoms with van der Waals surface area (Å²) in [5.74, 6) is -2.76. The highest BCUT2D eigenvalue weighted by molar-refractivity contribution is 6.00. The molecular formula is C27H20F3N5O3. The smallest absolute Gasteiger partial charge is 0.475 e. The summed E-state index contributed by atoms with van der Waals surface area (Å²) in [4.78, 5) is 32.8. The summed E-state index contributed by atoms with van der Waals surface area (Å²) in [6.07, 6.45) is -1.71. The van der Waals surface area contributed by atoms with Gasteiger partial charge in [0.1, 0.15) is 0 Å². The van der Waals surface area contributed by atoms with E-state index in [0.717, 1.165) is 33.5 Å². The summed E-state index contributed by atoms with van der Waals surface area (Å²) in [5, 5.41) is 12.9. The maximum absolute atomic E-state index is 12.4. The van der Waals surface area contributed by atoms with Crippen molar-refractivity contribution in [3.8, 4) is 22.3 Å². The van der Waals surface area contributed by atoms with Gasteiger partial charge in [-0.2, -0.15) is 13.2 Å². The third kappa shape index (κ3) is 6.52. The van der Waals surface area contributed by atoms with E-state index in [1.165, 1.54) is 0 Å². The molecule has 0 atom stereocenters. The number of carbonyl (C=O) groups is 2.